The standard InChI is InChI=1S/C13H10.C10H9.C9H7.2ClH.Zr/c1-3-7-12(8-4-1)11-13-9-5-2-6-10-13;1-8-6-9-4-2-3-5-10(9)7-8;1-2-5-9-7-3-6-8(9)4-1;;;/h1-10H;2-7H,1H3;1-7H;2*1H;/q;;;;;+2/p-2. The maximum atomic E-state index is 2.53. The third kappa shape index (κ3) is 4.75. The van der Waals surface area contributed by atoms with Gasteiger partial charge in [0, 0.05) is 0 Å². The molecule has 0 saturated heterocycles. The molecule has 0 aromatic heterocycles. The van der Waals surface area contributed by atoms with E-state index in [9.17, 15) is 0 Å². The summed E-state index contributed by atoms with van der Waals surface area (Å²) >= 11 is -2.49. The Morgan fingerprint density at radius 2 is 1.11 bits per heavy atom. The van der Waals surface area contributed by atoms with Gasteiger partial charge < -0.3 is 24.8 Å². The Labute approximate surface area is 228 Å². The zero-order chi connectivity index (χ0) is 22.2. The molecule has 2 aliphatic carbocycles. The van der Waals surface area contributed by atoms with Gasteiger partial charge in [0.05, 0.1) is 0 Å². The first-order valence-electron chi connectivity index (χ1n) is 11.7. The normalized spacial score (nSPS) is 16.6. The average Bonchev–Trinajstić information content (AvgIpc) is 3.44. The van der Waals surface area contributed by atoms with E-state index in [1.165, 1.54) is 39.0 Å². The Morgan fingerprint density at radius 1 is 0.600 bits per heavy atom. The van der Waals surface area contributed by atoms with Gasteiger partial charge in [-0.15, -0.1) is 0 Å². The molecule has 4 aromatic rings. The largest absolute Gasteiger partial charge is 1.00 e. The van der Waals surface area contributed by atoms with E-state index in [1.807, 2.05) is 0 Å². The van der Waals surface area contributed by atoms with Gasteiger partial charge in [-0.05, 0) is 0 Å². The fraction of sp³-hybridized carbons (Fsp3) is 0.0938. The summed E-state index contributed by atoms with van der Waals surface area (Å²) in [5.74, 6) is 0. The molecule has 35 heavy (non-hydrogen) atoms. The molecule has 3 heteroatoms. The van der Waals surface area contributed by atoms with E-state index < -0.39 is 21.3 Å². The molecule has 6 rings (SSSR count). The quantitative estimate of drug-likeness (QED) is 0.350. The number of rotatable bonds is 4. The van der Waals surface area contributed by atoms with E-state index in [0.717, 1.165) is 0 Å². The number of hydrogen-bond acceptors (Lipinski definition) is 0. The van der Waals surface area contributed by atoms with Crippen molar-refractivity contribution in [1.29, 1.82) is 0 Å². The SMILES string of the molecule is CC1=Cc2ccccc2[CH]1[Zr+2](=[C](c1ccccc1)c1ccccc1)[CH]1C=Cc2ccccc21.[Cl-].[Cl-]. The van der Waals surface area contributed by atoms with Crippen molar-refractivity contribution in [3.05, 3.63) is 154 Å². The van der Waals surface area contributed by atoms with Gasteiger partial charge in [-0.2, -0.15) is 0 Å². The number of fused-ring (bicyclic) bond motifs is 2. The van der Waals surface area contributed by atoms with Crippen LogP contribution in [0.25, 0.3) is 12.2 Å². The van der Waals surface area contributed by atoms with Crippen LogP contribution in [0.1, 0.15) is 47.6 Å². The molecule has 0 nitrogen and oxygen atoms in total. The molecule has 2 aliphatic rings. The Hall–Kier alpha value is -2.31. The van der Waals surface area contributed by atoms with Gasteiger partial charge in [-0.3, -0.25) is 0 Å². The summed E-state index contributed by atoms with van der Waals surface area (Å²) in [4.78, 5) is 0. The second kappa shape index (κ2) is 11.2. The molecule has 0 amide bonds. The van der Waals surface area contributed by atoms with Gasteiger partial charge in [0.25, 0.3) is 0 Å². The van der Waals surface area contributed by atoms with Crippen molar-refractivity contribution < 1.29 is 46.1 Å². The maximum Gasteiger partial charge on any atom is -1.00 e. The fourth-order valence-corrected chi connectivity index (χ4v) is 15.5. The van der Waals surface area contributed by atoms with Crippen LogP contribution < -0.4 is 24.8 Å². The van der Waals surface area contributed by atoms with Gasteiger partial charge in [-0.25, -0.2) is 0 Å². The van der Waals surface area contributed by atoms with Crippen LogP contribution in [0.15, 0.2) is 121 Å². The number of hydrogen-bond donors (Lipinski definition) is 0. The average molecular weight is 573 g/mol. The van der Waals surface area contributed by atoms with Gasteiger partial charge >= 0.3 is 205 Å². The topological polar surface area (TPSA) is 0 Å². The van der Waals surface area contributed by atoms with Crippen LogP contribution in [0.4, 0.5) is 0 Å². The molecule has 0 heterocycles. The molecule has 172 valence electrons. The zero-order valence-corrected chi connectivity index (χ0v) is 23.5. The summed E-state index contributed by atoms with van der Waals surface area (Å²) in [7, 11) is 0. The van der Waals surface area contributed by atoms with E-state index in [-0.39, 0.29) is 24.8 Å². The molecule has 2 unspecified atom stereocenters. The number of allylic oxidation sites excluding steroid dienone is 2. The molecular weight excluding hydrogens is 546 g/mol. The van der Waals surface area contributed by atoms with Gasteiger partial charge in [0.2, 0.25) is 0 Å². The molecule has 0 aliphatic heterocycles. The van der Waals surface area contributed by atoms with Crippen LogP contribution >= 0.6 is 0 Å². The minimum absolute atomic E-state index is 0. The van der Waals surface area contributed by atoms with E-state index >= 15 is 0 Å². The maximum absolute atomic E-state index is 2.53. The van der Waals surface area contributed by atoms with Crippen LogP contribution in [0.3, 0.4) is 0 Å². The van der Waals surface area contributed by atoms with Crippen LogP contribution in [-0.2, 0) is 21.3 Å². The van der Waals surface area contributed by atoms with Crippen LogP contribution in [0, 0.1) is 0 Å². The number of halogens is 2. The van der Waals surface area contributed by atoms with Crippen molar-refractivity contribution in [3.8, 4) is 0 Å². The summed E-state index contributed by atoms with van der Waals surface area (Å²) in [6.45, 7) is 2.36. The second-order valence-corrected chi connectivity index (χ2v) is 15.4. The summed E-state index contributed by atoms with van der Waals surface area (Å²) in [6, 6.07) is 40.5. The van der Waals surface area contributed by atoms with Crippen molar-refractivity contribution >= 4 is 15.4 Å². The van der Waals surface area contributed by atoms with E-state index in [4.69, 9.17) is 0 Å². The Morgan fingerprint density at radius 3 is 1.74 bits per heavy atom. The monoisotopic (exact) mass is 570 g/mol. The van der Waals surface area contributed by atoms with Crippen molar-refractivity contribution in [2.24, 2.45) is 0 Å². The minimum atomic E-state index is -2.49. The summed E-state index contributed by atoms with van der Waals surface area (Å²) in [5.41, 5.74) is 10.2. The summed E-state index contributed by atoms with van der Waals surface area (Å²) in [6.07, 6.45) is 7.34. The molecule has 4 aromatic carbocycles. The van der Waals surface area contributed by atoms with Crippen LogP contribution in [0.2, 0.25) is 0 Å². The molecule has 0 fully saturated rings. The Kier molecular flexibility index (Phi) is 8.23. The molecule has 2 atom stereocenters. The second-order valence-electron chi connectivity index (χ2n) is 8.98. The Bertz CT molecular complexity index is 1380. The molecule has 0 N–H and O–H groups in total. The van der Waals surface area contributed by atoms with Crippen molar-refractivity contribution in [2.75, 3.05) is 0 Å². The first-order valence-corrected chi connectivity index (χ1v) is 15.8. The molecule has 0 saturated carbocycles. The predicted octanol–water partition coefficient (Wildman–Crippen LogP) is 1.81. The summed E-state index contributed by atoms with van der Waals surface area (Å²) in [5, 5.41) is 0. The van der Waals surface area contributed by atoms with Crippen LogP contribution in [0.5, 0.6) is 0 Å². The summed E-state index contributed by atoms with van der Waals surface area (Å²) < 4.78 is 2.66. The molecule has 0 spiro atoms. The third-order valence-electron chi connectivity index (χ3n) is 7.00. The van der Waals surface area contributed by atoms with Crippen LogP contribution in [-0.4, -0.2) is 3.21 Å². The third-order valence-corrected chi connectivity index (χ3v) is 16.1. The fourth-order valence-electron chi connectivity index (χ4n) is 5.60. The van der Waals surface area contributed by atoms with E-state index in [2.05, 4.69) is 134 Å². The van der Waals surface area contributed by atoms with E-state index in [1.54, 1.807) is 3.21 Å². The van der Waals surface area contributed by atoms with Crippen molar-refractivity contribution in [2.45, 2.75) is 14.2 Å². The first kappa shape index (κ1) is 25.8. The number of benzene rings is 4. The predicted molar refractivity (Wildman–Crippen MR) is 137 cm³/mol. The van der Waals surface area contributed by atoms with Crippen molar-refractivity contribution in [1.82, 2.24) is 0 Å². The first-order chi connectivity index (χ1) is 16.3. The van der Waals surface area contributed by atoms with E-state index in [0.29, 0.717) is 7.25 Å². The van der Waals surface area contributed by atoms with Gasteiger partial charge in [0.15, 0.2) is 0 Å². The minimum Gasteiger partial charge on any atom is -1.00 e. The van der Waals surface area contributed by atoms with Gasteiger partial charge in [0.1, 0.15) is 0 Å². The smallest absolute Gasteiger partial charge is 1.00 e. The van der Waals surface area contributed by atoms with Crippen molar-refractivity contribution in [3.63, 3.8) is 0 Å². The zero-order valence-electron chi connectivity index (χ0n) is 19.5. The Balaban J connectivity index is 0.00000144. The molecular formula is C32H26Cl2Zr. The molecule has 0 radical (unpaired) electrons. The van der Waals surface area contributed by atoms with Gasteiger partial charge in [-0.1, -0.05) is 0 Å². The molecule has 0 bridgehead atoms.